The molecular formula is C24H25N5O3. The van der Waals surface area contributed by atoms with Gasteiger partial charge in [-0.15, -0.1) is 0 Å². The number of aromatic amines is 1. The second-order valence-electron chi connectivity index (χ2n) is 7.44. The molecule has 4 aromatic rings. The van der Waals surface area contributed by atoms with Crippen molar-refractivity contribution in [3.05, 3.63) is 60.8 Å². The predicted molar refractivity (Wildman–Crippen MR) is 123 cm³/mol. The molecule has 0 radical (unpaired) electrons. The van der Waals surface area contributed by atoms with Crippen LogP contribution in [0.5, 0.6) is 6.01 Å². The maximum absolute atomic E-state index is 11.3. The van der Waals surface area contributed by atoms with Gasteiger partial charge in [0.1, 0.15) is 0 Å². The Morgan fingerprint density at radius 2 is 1.97 bits per heavy atom. The van der Waals surface area contributed by atoms with Crippen LogP contribution in [0.15, 0.2) is 55.2 Å². The predicted octanol–water partition coefficient (Wildman–Crippen LogP) is 5.13. The van der Waals surface area contributed by atoms with E-state index in [-0.39, 0.29) is 12.3 Å². The fourth-order valence-corrected chi connectivity index (χ4v) is 3.80. The zero-order valence-electron chi connectivity index (χ0n) is 18.0. The third-order valence-corrected chi connectivity index (χ3v) is 5.38. The van der Waals surface area contributed by atoms with E-state index in [1.165, 1.54) is 0 Å². The number of aliphatic carboxylic acids is 1. The summed E-state index contributed by atoms with van der Waals surface area (Å²) in [7, 11) is 0. The molecule has 32 heavy (non-hydrogen) atoms. The summed E-state index contributed by atoms with van der Waals surface area (Å²) in [5, 5.41) is 13.8. The molecule has 0 aliphatic carbocycles. The molecule has 3 heterocycles. The lowest BCUT2D eigenvalue weighted by molar-refractivity contribution is -0.137. The van der Waals surface area contributed by atoms with Crippen molar-refractivity contribution in [2.24, 2.45) is 0 Å². The number of hydrogen-bond acceptors (Lipinski definition) is 6. The lowest BCUT2D eigenvalue weighted by Gasteiger charge is -2.18. The first-order valence-corrected chi connectivity index (χ1v) is 10.6. The Balaban J connectivity index is 1.77. The zero-order valence-corrected chi connectivity index (χ0v) is 18.0. The van der Waals surface area contributed by atoms with Gasteiger partial charge < -0.3 is 20.1 Å². The minimum Gasteiger partial charge on any atom is -0.481 e. The number of ether oxygens (including phenoxy) is 1. The molecule has 0 spiro atoms. The molecule has 164 valence electrons. The van der Waals surface area contributed by atoms with Crippen LogP contribution in [0.2, 0.25) is 0 Å². The molecule has 1 unspecified atom stereocenters. The van der Waals surface area contributed by atoms with Gasteiger partial charge in [0.2, 0.25) is 0 Å². The lowest BCUT2D eigenvalue weighted by Crippen LogP contribution is -2.06. The monoisotopic (exact) mass is 431 g/mol. The third-order valence-electron chi connectivity index (χ3n) is 5.38. The van der Waals surface area contributed by atoms with Crippen LogP contribution in [0.4, 0.5) is 11.4 Å². The van der Waals surface area contributed by atoms with E-state index in [0.29, 0.717) is 18.3 Å². The number of benzene rings is 1. The van der Waals surface area contributed by atoms with Crippen LogP contribution in [0.3, 0.4) is 0 Å². The number of pyridine rings is 1. The van der Waals surface area contributed by atoms with Gasteiger partial charge >= 0.3 is 12.0 Å². The Morgan fingerprint density at radius 1 is 1.16 bits per heavy atom. The number of fused-ring (bicyclic) bond motifs is 1. The number of rotatable bonds is 9. The number of anilines is 2. The van der Waals surface area contributed by atoms with Crippen LogP contribution in [-0.4, -0.2) is 37.6 Å². The minimum absolute atomic E-state index is 0.0779. The number of carboxylic acid groups (broad SMARTS) is 1. The molecule has 0 amide bonds. The van der Waals surface area contributed by atoms with Gasteiger partial charge in [-0.3, -0.25) is 9.78 Å². The number of H-pyrrole nitrogens is 1. The fraction of sp³-hybridized carbons (Fsp3) is 0.250. The van der Waals surface area contributed by atoms with Crippen molar-refractivity contribution in [1.82, 2.24) is 19.9 Å². The quantitative estimate of drug-likeness (QED) is 0.337. The molecular weight excluding hydrogens is 406 g/mol. The molecule has 0 saturated heterocycles. The van der Waals surface area contributed by atoms with E-state index in [9.17, 15) is 9.90 Å². The van der Waals surface area contributed by atoms with Crippen LogP contribution in [-0.2, 0) is 4.79 Å². The number of carboxylic acids is 1. The van der Waals surface area contributed by atoms with Crippen molar-refractivity contribution in [2.45, 2.75) is 32.6 Å². The van der Waals surface area contributed by atoms with Crippen LogP contribution in [0.1, 0.15) is 38.2 Å². The summed E-state index contributed by atoms with van der Waals surface area (Å²) in [5.74, 6) is -0.884. The van der Waals surface area contributed by atoms with Crippen molar-refractivity contribution >= 4 is 28.2 Å². The highest BCUT2D eigenvalue weighted by molar-refractivity contribution is 5.99. The van der Waals surface area contributed by atoms with Crippen LogP contribution < -0.4 is 10.1 Å². The smallest absolute Gasteiger partial charge is 0.316 e. The van der Waals surface area contributed by atoms with Gasteiger partial charge in [0.25, 0.3) is 0 Å². The van der Waals surface area contributed by atoms with Gasteiger partial charge in [-0.05, 0) is 37.0 Å². The number of hydrogen-bond donors (Lipinski definition) is 3. The second-order valence-corrected chi connectivity index (χ2v) is 7.44. The SMILES string of the molecule is CCOc1ncc(Nc2cc(C(CC)CC(=O)O)ccc2-c2c[nH]c3cnccc23)cn1. The summed E-state index contributed by atoms with van der Waals surface area (Å²) in [5.41, 5.74) is 5.46. The summed E-state index contributed by atoms with van der Waals surface area (Å²) < 4.78 is 5.33. The Kier molecular flexibility index (Phi) is 6.30. The van der Waals surface area contributed by atoms with Gasteiger partial charge in [0.15, 0.2) is 0 Å². The van der Waals surface area contributed by atoms with Gasteiger partial charge in [-0.1, -0.05) is 19.1 Å². The zero-order chi connectivity index (χ0) is 22.5. The summed E-state index contributed by atoms with van der Waals surface area (Å²) in [6.45, 7) is 4.38. The average molecular weight is 431 g/mol. The van der Waals surface area contributed by atoms with E-state index < -0.39 is 5.97 Å². The highest BCUT2D eigenvalue weighted by Gasteiger charge is 2.18. The molecule has 4 rings (SSSR count). The molecule has 0 aliphatic heterocycles. The van der Waals surface area contributed by atoms with Gasteiger partial charge in [-0.2, -0.15) is 0 Å². The Hall–Kier alpha value is -3.94. The number of nitrogens with one attached hydrogen (secondary N) is 2. The van der Waals surface area contributed by atoms with Crippen molar-refractivity contribution in [1.29, 1.82) is 0 Å². The molecule has 8 nitrogen and oxygen atoms in total. The van der Waals surface area contributed by atoms with Crippen molar-refractivity contribution in [2.75, 3.05) is 11.9 Å². The third kappa shape index (κ3) is 4.54. The first-order valence-electron chi connectivity index (χ1n) is 10.6. The van der Waals surface area contributed by atoms with E-state index in [4.69, 9.17) is 4.74 Å². The van der Waals surface area contributed by atoms with E-state index >= 15 is 0 Å². The average Bonchev–Trinajstić information content (AvgIpc) is 3.23. The van der Waals surface area contributed by atoms with E-state index in [2.05, 4.69) is 25.3 Å². The highest BCUT2D eigenvalue weighted by Crippen LogP contribution is 2.37. The van der Waals surface area contributed by atoms with Crippen LogP contribution >= 0.6 is 0 Å². The summed E-state index contributed by atoms with van der Waals surface area (Å²) in [6.07, 6.45) is 9.66. The standard InChI is InChI=1S/C24H25N5O3/c1-3-15(10-23(30)31)16-5-6-18(20-13-26-22-14-25-8-7-19(20)22)21(9-16)29-17-11-27-24(28-12-17)32-4-2/h5-9,11-15,26,29H,3-4,10H2,1-2H3,(H,30,31). The van der Waals surface area contributed by atoms with E-state index in [1.807, 2.05) is 44.3 Å². The first kappa shape index (κ1) is 21.3. The van der Waals surface area contributed by atoms with Gasteiger partial charge in [0.05, 0.1) is 42.8 Å². The highest BCUT2D eigenvalue weighted by atomic mass is 16.5. The number of aromatic nitrogens is 4. The maximum Gasteiger partial charge on any atom is 0.316 e. The summed E-state index contributed by atoms with van der Waals surface area (Å²) in [6, 6.07) is 8.34. The van der Waals surface area contributed by atoms with Crippen molar-refractivity contribution in [3.63, 3.8) is 0 Å². The topological polar surface area (TPSA) is 113 Å². The Morgan fingerprint density at radius 3 is 2.69 bits per heavy atom. The molecule has 0 fully saturated rings. The molecule has 1 aromatic carbocycles. The van der Waals surface area contributed by atoms with Crippen molar-refractivity contribution in [3.8, 4) is 17.1 Å². The second kappa shape index (κ2) is 9.47. The maximum atomic E-state index is 11.3. The van der Waals surface area contributed by atoms with Crippen LogP contribution in [0, 0.1) is 0 Å². The lowest BCUT2D eigenvalue weighted by atomic mass is 9.90. The normalized spacial score (nSPS) is 11.9. The molecule has 0 bridgehead atoms. The molecule has 0 aliphatic rings. The fourth-order valence-electron chi connectivity index (χ4n) is 3.80. The molecule has 1 atom stereocenters. The Bertz CT molecular complexity index is 1220. The van der Waals surface area contributed by atoms with Crippen LogP contribution in [0.25, 0.3) is 22.0 Å². The molecule has 3 N–H and O–H groups in total. The van der Waals surface area contributed by atoms with Crippen molar-refractivity contribution < 1.29 is 14.6 Å². The largest absolute Gasteiger partial charge is 0.481 e. The first-order chi connectivity index (χ1) is 15.6. The molecule has 3 aromatic heterocycles. The minimum atomic E-state index is -0.806. The summed E-state index contributed by atoms with van der Waals surface area (Å²) >= 11 is 0. The number of nitrogens with zero attached hydrogens (tertiary/aromatic N) is 3. The van der Waals surface area contributed by atoms with E-state index in [0.717, 1.165) is 39.7 Å². The number of carbonyl (C=O) groups is 1. The van der Waals surface area contributed by atoms with E-state index in [1.54, 1.807) is 24.8 Å². The van der Waals surface area contributed by atoms with Gasteiger partial charge in [-0.25, -0.2) is 9.97 Å². The van der Waals surface area contributed by atoms with Gasteiger partial charge in [0, 0.05) is 34.6 Å². The molecule has 0 saturated carbocycles. The Labute approximate surface area is 185 Å². The summed E-state index contributed by atoms with van der Waals surface area (Å²) in [4.78, 5) is 27.3. The molecule has 8 heteroatoms.